The largest absolute Gasteiger partial charge is 0.490 e. The van der Waals surface area contributed by atoms with Crippen LogP contribution in [0.5, 0.6) is 5.75 Å². The fourth-order valence-corrected chi connectivity index (χ4v) is 4.32. The van der Waals surface area contributed by atoms with E-state index in [4.69, 9.17) is 4.74 Å². The number of nitrogens with zero attached hydrogens (tertiary/aromatic N) is 1. The van der Waals surface area contributed by atoms with Crippen molar-refractivity contribution in [2.24, 2.45) is 0 Å². The van der Waals surface area contributed by atoms with Crippen molar-refractivity contribution in [2.45, 2.75) is 50.8 Å². The van der Waals surface area contributed by atoms with Crippen molar-refractivity contribution in [3.05, 3.63) is 47.3 Å². The predicted molar refractivity (Wildman–Crippen MR) is 110 cm³/mol. The van der Waals surface area contributed by atoms with E-state index in [-0.39, 0.29) is 12.1 Å². The highest BCUT2D eigenvalue weighted by molar-refractivity contribution is 7.14. The Morgan fingerprint density at radius 2 is 1.93 bits per heavy atom. The van der Waals surface area contributed by atoms with Gasteiger partial charge in [0.25, 0.3) is 0 Å². The molecule has 0 spiro atoms. The van der Waals surface area contributed by atoms with Gasteiger partial charge in [-0.25, -0.2) is 4.79 Å². The van der Waals surface area contributed by atoms with Gasteiger partial charge in [0.15, 0.2) is 0 Å². The van der Waals surface area contributed by atoms with Gasteiger partial charge in [0.05, 0.1) is 11.1 Å². The molecule has 0 unspecified atom stereocenters. The molecular formula is C21H27N3O2S. The van der Waals surface area contributed by atoms with E-state index in [1.54, 1.807) is 11.3 Å². The number of hydrogen-bond donors (Lipinski definition) is 2. The van der Waals surface area contributed by atoms with Gasteiger partial charge >= 0.3 is 6.03 Å². The predicted octanol–water partition coefficient (Wildman–Crippen LogP) is 4.15. The van der Waals surface area contributed by atoms with E-state index in [1.807, 2.05) is 24.3 Å². The first kappa shape index (κ1) is 18.2. The van der Waals surface area contributed by atoms with E-state index in [2.05, 4.69) is 33.0 Å². The summed E-state index contributed by atoms with van der Waals surface area (Å²) in [5.41, 5.74) is 1.03. The Morgan fingerprint density at radius 1 is 1.11 bits per heavy atom. The van der Waals surface area contributed by atoms with Crippen LogP contribution < -0.4 is 20.3 Å². The zero-order valence-electron chi connectivity index (χ0n) is 15.5. The van der Waals surface area contributed by atoms with Crippen molar-refractivity contribution in [1.82, 2.24) is 10.6 Å². The summed E-state index contributed by atoms with van der Waals surface area (Å²) >= 11 is 1.78. The lowest BCUT2D eigenvalue weighted by Gasteiger charge is -2.33. The van der Waals surface area contributed by atoms with Crippen molar-refractivity contribution in [3.8, 4) is 5.75 Å². The van der Waals surface area contributed by atoms with Gasteiger partial charge < -0.3 is 20.3 Å². The molecule has 144 valence electrons. The minimum Gasteiger partial charge on any atom is -0.490 e. The minimum absolute atomic E-state index is 0.0944. The third-order valence-corrected chi connectivity index (χ3v) is 6.33. The minimum atomic E-state index is -0.0944. The van der Waals surface area contributed by atoms with E-state index in [0.717, 1.165) is 50.1 Å². The van der Waals surface area contributed by atoms with Crippen LogP contribution in [0.1, 0.15) is 37.7 Å². The number of hydrogen-bond acceptors (Lipinski definition) is 4. The van der Waals surface area contributed by atoms with Crippen LogP contribution >= 0.6 is 11.3 Å². The van der Waals surface area contributed by atoms with Crippen LogP contribution in [0.3, 0.4) is 0 Å². The Hall–Kier alpha value is -2.21. The van der Waals surface area contributed by atoms with Gasteiger partial charge in [0.1, 0.15) is 5.75 Å². The van der Waals surface area contributed by atoms with Gasteiger partial charge in [-0.05, 0) is 55.7 Å². The molecule has 0 atom stereocenters. The first-order valence-corrected chi connectivity index (χ1v) is 10.7. The topological polar surface area (TPSA) is 53.6 Å². The third kappa shape index (κ3) is 4.75. The average molecular weight is 386 g/mol. The molecule has 4 rings (SSSR count). The van der Waals surface area contributed by atoms with Crippen LogP contribution in [0, 0.1) is 0 Å². The molecule has 27 heavy (non-hydrogen) atoms. The maximum Gasteiger partial charge on any atom is 0.315 e. The highest BCUT2D eigenvalue weighted by atomic mass is 32.1. The van der Waals surface area contributed by atoms with E-state index >= 15 is 0 Å². The summed E-state index contributed by atoms with van der Waals surface area (Å²) in [4.78, 5) is 14.7. The van der Waals surface area contributed by atoms with Crippen molar-refractivity contribution < 1.29 is 9.53 Å². The molecule has 0 radical (unpaired) electrons. The van der Waals surface area contributed by atoms with Gasteiger partial charge in [-0.3, -0.25) is 0 Å². The second-order valence-electron chi connectivity index (χ2n) is 7.32. The van der Waals surface area contributed by atoms with Crippen molar-refractivity contribution in [2.75, 3.05) is 18.0 Å². The van der Waals surface area contributed by atoms with Crippen LogP contribution in [0.15, 0.2) is 41.8 Å². The molecule has 1 aliphatic heterocycles. The number of anilines is 1. The number of para-hydroxylation sites is 1. The smallest absolute Gasteiger partial charge is 0.315 e. The number of urea groups is 1. The number of rotatable bonds is 6. The maximum atomic E-state index is 12.3. The number of nitrogens with one attached hydrogen (secondary N) is 2. The molecule has 0 bridgehead atoms. The first-order valence-electron chi connectivity index (χ1n) is 9.85. The summed E-state index contributed by atoms with van der Waals surface area (Å²) in [7, 11) is 0. The number of piperidine rings is 1. The highest BCUT2D eigenvalue weighted by Gasteiger charge is 2.22. The zero-order valence-corrected chi connectivity index (χ0v) is 16.3. The molecule has 1 aliphatic carbocycles. The van der Waals surface area contributed by atoms with E-state index in [0.29, 0.717) is 12.6 Å². The Balaban J connectivity index is 1.22. The monoisotopic (exact) mass is 385 g/mol. The number of carbonyl (C=O) groups excluding carboxylic acids is 1. The number of thiophene rings is 1. The molecule has 5 nitrogen and oxygen atoms in total. The zero-order chi connectivity index (χ0) is 18.5. The summed E-state index contributed by atoms with van der Waals surface area (Å²) in [6.07, 6.45) is 5.81. The Labute approximate surface area is 164 Å². The van der Waals surface area contributed by atoms with Crippen LogP contribution in [0.2, 0.25) is 0 Å². The average Bonchev–Trinajstić information content (AvgIpc) is 3.19. The molecule has 2 N–H and O–H groups in total. The van der Waals surface area contributed by atoms with Crippen LogP contribution in [-0.4, -0.2) is 31.3 Å². The van der Waals surface area contributed by atoms with E-state index in [1.165, 1.54) is 11.4 Å². The van der Waals surface area contributed by atoms with E-state index < -0.39 is 0 Å². The Morgan fingerprint density at radius 3 is 2.63 bits per heavy atom. The highest BCUT2D eigenvalue weighted by Crippen LogP contribution is 2.27. The van der Waals surface area contributed by atoms with Crippen molar-refractivity contribution in [1.29, 1.82) is 0 Å². The number of carbonyl (C=O) groups is 1. The summed E-state index contributed by atoms with van der Waals surface area (Å²) < 4.78 is 6.03. The molecule has 2 heterocycles. The van der Waals surface area contributed by atoms with Gasteiger partial charge in [-0.15, -0.1) is 11.3 Å². The molecule has 2 fully saturated rings. The second kappa shape index (κ2) is 8.65. The molecule has 2 aromatic rings. The molecule has 2 amide bonds. The lowest BCUT2D eigenvalue weighted by Crippen LogP contribution is -2.47. The lowest BCUT2D eigenvalue weighted by molar-refractivity contribution is 0.119. The van der Waals surface area contributed by atoms with Crippen molar-refractivity contribution in [3.63, 3.8) is 0 Å². The number of benzene rings is 1. The van der Waals surface area contributed by atoms with Crippen LogP contribution in [0.25, 0.3) is 0 Å². The molecule has 1 aromatic heterocycles. The molecule has 2 aliphatic rings. The van der Waals surface area contributed by atoms with Gasteiger partial charge in [0, 0.05) is 31.2 Å². The second-order valence-corrected chi connectivity index (χ2v) is 8.24. The fourth-order valence-electron chi connectivity index (χ4n) is 3.54. The maximum absolute atomic E-state index is 12.3. The van der Waals surface area contributed by atoms with Gasteiger partial charge in [0.2, 0.25) is 0 Å². The van der Waals surface area contributed by atoms with Gasteiger partial charge in [-0.2, -0.15) is 0 Å². The summed E-state index contributed by atoms with van der Waals surface area (Å²) in [6.45, 7) is 2.47. The molecule has 6 heteroatoms. The normalized spacial score (nSPS) is 18.0. The Kier molecular flexibility index (Phi) is 5.82. The molecule has 1 aromatic carbocycles. The number of ether oxygens (including phenoxy) is 1. The SMILES string of the molecule is O=C(NCc1ccccc1OC1CCC1)NC1CCN(c2cccs2)CC1. The summed E-state index contributed by atoms with van der Waals surface area (Å²) in [5.74, 6) is 0.895. The van der Waals surface area contributed by atoms with Crippen LogP contribution in [0.4, 0.5) is 9.80 Å². The lowest BCUT2D eigenvalue weighted by atomic mass is 9.96. The fraction of sp³-hybridized carbons (Fsp3) is 0.476. The summed E-state index contributed by atoms with van der Waals surface area (Å²) in [5, 5.41) is 9.55. The van der Waals surface area contributed by atoms with Gasteiger partial charge in [-0.1, -0.05) is 18.2 Å². The molecule has 1 saturated heterocycles. The van der Waals surface area contributed by atoms with Crippen molar-refractivity contribution >= 4 is 22.4 Å². The quantitative estimate of drug-likeness (QED) is 0.785. The Bertz CT molecular complexity index is 738. The summed E-state index contributed by atoms with van der Waals surface area (Å²) in [6, 6.07) is 12.4. The van der Waals surface area contributed by atoms with Crippen LogP contribution in [-0.2, 0) is 6.54 Å². The standard InChI is InChI=1S/C21H27N3O2S/c25-21(23-17-10-12-24(13-11-17)20-9-4-14-27-20)22-15-16-5-1-2-8-19(16)26-18-6-3-7-18/h1-2,4-5,8-9,14,17-18H,3,6-7,10-13,15H2,(H2,22,23,25). The third-order valence-electron chi connectivity index (χ3n) is 5.41. The molecule has 1 saturated carbocycles. The number of amides is 2. The molecular weight excluding hydrogens is 358 g/mol. The first-order chi connectivity index (χ1) is 13.3. The van der Waals surface area contributed by atoms with E-state index in [9.17, 15) is 4.79 Å².